The first-order chi connectivity index (χ1) is 6.80. The number of rotatable bonds is 4. The fourth-order valence-corrected chi connectivity index (χ4v) is 0.791. The van der Waals surface area contributed by atoms with Crippen LogP contribution in [0, 0.1) is 5.41 Å². The van der Waals surface area contributed by atoms with Crippen molar-refractivity contribution in [2.45, 2.75) is 40.5 Å². The number of carbonyl (C=O) groups is 1. The quantitative estimate of drug-likeness (QED) is 0.411. The molecule has 0 fully saturated rings. The summed E-state index contributed by atoms with van der Waals surface area (Å²) in [6.07, 6.45) is 1.48. The normalized spacial score (nSPS) is 13.5. The van der Waals surface area contributed by atoms with Crippen LogP contribution in [0.25, 0.3) is 0 Å². The SMILES string of the molecule is CCCCOC(=O)/C(F)=C(/F)C(C)(C)C. The fraction of sp³-hybridized carbons (Fsp3) is 0.727. The summed E-state index contributed by atoms with van der Waals surface area (Å²) in [6.45, 7) is 6.50. The first-order valence-electron chi connectivity index (χ1n) is 5.03. The zero-order valence-electron chi connectivity index (χ0n) is 9.69. The molecule has 0 radical (unpaired) electrons. The predicted octanol–water partition coefficient (Wildman–Crippen LogP) is 3.53. The monoisotopic (exact) mass is 220 g/mol. The predicted molar refractivity (Wildman–Crippen MR) is 54.6 cm³/mol. The van der Waals surface area contributed by atoms with Crippen LogP contribution >= 0.6 is 0 Å². The van der Waals surface area contributed by atoms with Crippen LogP contribution in [0.15, 0.2) is 11.7 Å². The molecule has 0 aromatic heterocycles. The molecule has 2 nitrogen and oxygen atoms in total. The van der Waals surface area contributed by atoms with Gasteiger partial charge in [-0.1, -0.05) is 34.1 Å². The highest BCUT2D eigenvalue weighted by molar-refractivity contribution is 5.86. The van der Waals surface area contributed by atoms with Gasteiger partial charge in [-0.25, -0.2) is 9.18 Å². The summed E-state index contributed by atoms with van der Waals surface area (Å²) in [7, 11) is 0. The van der Waals surface area contributed by atoms with E-state index in [1.54, 1.807) is 0 Å². The Morgan fingerprint density at radius 3 is 2.20 bits per heavy atom. The van der Waals surface area contributed by atoms with E-state index in [-0.39, 0.29) is 6.61 Å². The number of halogens is 2. The minimum Gasteiger partial charge on any atom is -0.460 e. The standard InChI is InChI=1S/C11H18F2O2/c1-5-6-7-15-10(14)8(12)9(13)11(2,3)4/h5-7H2,1-4H3/b9-8-. The molecule has 0 saturated heterocycles. The second-order valence-electron chi connectivity index (χ2n) is 4.37. The van der Waals surface area contributed by atoms with Gasteiger partial charge in [-0.15, -0.1) is 0 Å². The van der Waals surface area contributed by atoms with Crippen LogP contribution in [0.1, 0.15) is 40.5 Å². The lowest BCUT2D eigenvalue weighted by molar-refractivity contribution is -0.141. The molecule has 0 saturated carbocycles. The largest absolute Gasteiger partial charge is 0.460 e. The lowest BCUT2D eigenvalue weighted by Gasteiger charge is -2.15. The van der Waals surface area contributed by atoms with Crippen LogP contribution in [0.4, 0.5) is 8.78 Å². The lowest BCUT2D eigenvalue weighted by atomic mass is 9.94. The molecule has 0 atom stereocenters. The van der Waals surface area contributed by atoms with Crippen LogP contribution in [-0.4, -0.2) is 12.6 Å². The Kier molecular flexibility index (Phi) is 5.47. The van der Waals surface area contributed by atoms with Gasteiger partial charge in [0, 0.05) is 5.41 Å². The van der Waals surface area contributed by atoms with Gasteiger partial charge in [-0.3, -0.25) is 0 Å². The number of hydrogen-bond donors (Lipinski definition) is 0. The van der Waals surface area contributed by atoms with Crippen LogP contribution in [0.5, 0.6) is 0 Å². The van der Waals surface area contributed by atoms with Gasteiger partial charge in [0.2, 0.25) is 5.83 Å². The summed E-state index contributed by atoms with van der Waals surface area (Å²) in [5, 5.41) is 0. The van der Waals surface area contributed by atoms with Crippen molar-refractivity contribution in [2.24, 2.45) is 5.41 Å². The second kappa shape index (κ2) is 5.83. The molecule has 0 aliphatic carbocycles. The Morgan fingerprint density at radius 2 is 1.80 bits per heavy atom. The van der Waals surface area contributed by atoms with Crippen molar-refractivity contribution < 1.29 is 18.3 Å². The minimum atomic E-state index is -1.42. The van der Waals surface area contributed by atoms with Crippen LogP contribution < -0.4 is 0 Å². The minimum absolute atomic E-state index is 0.125. The van der Waals surface area contributed by atoms with E-state index in [1.807, 2.05) is 6.92 Å². The van der Waals surface area contributed by atoms with Crippen LogP contribution in [0.3, 0.4) is 0 Å². The number of carbonyl (C=O) groups excluding carboxylic acids is 1. The maximum atomic E-state index is 13.3. The molecule has 0 rings (SSSR count). The van der Waals surface area contributed by atoms with Crippen molar-refractivity contribution in [3.05, 3.63) is 11.7 Å². The van der Waals surface area contributed by atoms with Crippen molar-refractivity contribution in [1.29, 1.82) is 0 Å². The third kappa shape index (κ3) is 4.91. The van der Waals surface area contributed by atoms with Crippen molar-refractivity contribution in [3.63, 3.8) is 0 Å². The van der Waals surface area contributed by atoms with Crippen LogP contribution in [0.2, 0.25) is 0 Å². The summed E-state index contributed by atoms with van der Waals surface area (Å²) in [5.74, 6) is -3.70. The highest BCUT2D eigenvalue weighted by Gasteiger charge is 2.26. The smallest absolute Gasteiger partial charge is 0.369 e. The van der Waals surface area contributed by atoms with Gasteiger partial charge in [0.05, 0.1) is 6.61 Å². The molecule has 0 aromatic carbocycles. The highest BCUT2D eigenvalue weighted by atomic mass is 19.2. The van der Waals surface area contributed by atoms with Gasteiger partial charge < -0.3 is 4.74 Å². The molecular weight excluding hydrogens is 202 g/mol. The highest BCUT2D eigenvalue weighted by Crippen LogP contribution is 2.30. The number of hydrogen-bond acceptors (Lipinski definition) is 2. The molecule has 0 aliphatic heterocycles. The first kappa shape index (κ1) is 14.1. The Morgan fingerprint density at radius 1 is 1.27 bits per heavy atom. The van der Waals surface area contributed by atoms with Gasteiger partial charge in [-0.2, -0.15) is 4.39 Å². The van der Waals surface area contributed by atoms with E-state index in [4.69, 9.17) is 0 Å². The first-order valence-corrected chi connectivity index (χ1v) is 5.03. The van der Waals surface area contributed by atoms with E-state index in [0.29, 0.717) is 6.42 Å². The molecule has 15 heavy (non-hydrogen) atoms. The van der Waals surface area contributed by atoms with Gasteiger partial charge >= 0.3 is 5.97 Å². The molecule has 0 unspecified atom stereocenters. The van der Waals surface area contributed by atoms with Gasteiger partial charge in [-0.05, 0) is 6.42 Å². The number of ether oxygens (including phenoxy) is 1. The van der Waals surface area contributed by atoms with Gasteiger partial charge in [0.25, 0.3) is 0 Å². The van der Waals surface area contributed by atoms with E-state index in [1.165, 1.54) is 20.8 Å². The molecule has 0 aromatic rings. The van der Waals surface area contributed by atoms with Crippen molar-refractivity contribution in [2.75, 3.05) is 6.61 Å². The van der Waals surface area contributed by atoms with Gasteiger partial charge in [0.15, 0.2) is 0 Å². The number of unbranched alkanes of at least 4 members (excludes halogenated alkanes) is 1. The average molecular weight is 220 g/mol. The summed E-state index contributed by atoms with van der Waals surface area (Å²) >= 11 is 0. The lowest BCUT2D eigenvalue weighted by Crippen LogP contribution is -2.14. The molecule has 0 aliphatic rings. The number of esters is 1. The molecule has 0 spiro atoms. The topological polar surface area (TPSA) is 26.3 Å². The number of allylic oxidation sites excluding steroid dienone is 1. The molecule has 0 N–H and O–H groups in total. The molecule has 0 amide bonds. The zero-order chi connectivity index (χ0) is 12.1. The Labute approximate surface area is 89.3 Å². The van der Waals surface area contributed by atoms with Crippen molar-refractivity contribution in [1.82, 2.24) is 0 Å². The van der Waals surface area contributed by atoms with Crippen molar-refractivity contribution >= 4 is 5.97 Å². The average Bonchev–Trinajstić information content (AvgIpc) is 2.14. The fourth-order valence-electron chi connectivity index (χ4n) is 0.791. The maximum Gasteiger partial charge on any atom is 0.369 e. The van der Waals surface area contributed by atoms with E-state index >= 15 is 0 Å². The second-order valence-corrected chi connectivity index (χ2v) is 4.37. The zero-order valence-corrected chi connectivity index (χ0v) is 9.69. The third-order valence-electron chi connectivity index (χ3n) is 1.76. The van der Waals surface area contributed by atoms with Crippen molar-refractivity contribution in [3.8, 4) is 0 Å². The van der Waals surface area contributed by atoms with E-state index < -0.39 is 23.0 Å². The molecule has 0 bridgehead atoms. The molecule has 0 heterocycles. The summed E-state index contributed by atoms with van der Waals surface area (Å²) in [4.78, 5) is 11.0. The van der Waals surface area contributed by atoms with E-state index in [9.17, 15) is 13.6 Å². The Balaban J connectivity index is 4.43. The molecule has 88 valence electrons. The third-order valence-corrected chi connectivity index (χ3v) is 1.76. The molecule has 4 heteroatoms. The Hall–Kier alpha value is -0.930. The Bertz CT molecular complexity index is 252. The van der Waals surface area contributed by atoms with E-state index in [0.717, 1.165) is 6.42 Å². The molecular formula is C11H18F2O2. The summed E-state index contributed by atoms with van der Waals surface area (Å²) in [6, 6.07) is 0. The van der Waals surface area contributed by atoms with E-state index in [2.05, 4.69) is 4.74 Å². The van der Waals surface area contributed by atoms with Crippen LogP contribution in [-0.2, 0) is 9.53 Å². The summed E-state index contributed by atoms with van der Waals surface area (Å²) < 4.78 is 31.0. The maximum absolute atomic E-state index is 13.3. The summed E-state index contributed by atoms with van der Waals surface area (Å²) in [5.41, 5.74) is -1.01. The van der Waals surface area contributed by atoms with Gasteiger partial charge in [0.1, 0.15) is 5.83 Å².